The standard InChI is InChI=1S/C12H11ClN2O2/c1-2-15-7-6-14-11(12(15)16)17-10-5-3-4-9(13)8-10/h3-8H,2H2,1H3. The zero-order valence-corrected chi connectivity index (χ0v) is 10.0. The largest absolute Gasteiger partial charge is 0.435 e. The first kappa shape index (κ1) is 11.7. The van der Waals surface area contributed by atoms with Crippen LogP contribution in [0.5, 0.6) is 11.6 Å². The van der Waals surface area contributed by atoms with Crippen LogP contribution in [0.4, 0.5) is 0 Å². The predicted octanol–water partition coefficient (Wildman–Crippen LogP) is 2.71. The van der Waals surface area contributed by atoms with Crippen LogP contribution in [0.15, 0.2) is 41.5 Å². The first-order valence-corrected chi connectivity index (χ1v) is 5.57. The maximum absolute atomic E-state index is 11.8. The van der Waals surface area contributed by atoms with Crippen molar-refractivity contribution in [1.29, 1.82) is 0 Å². The van der Waals surface area contributed by atoms with E-state index in [0.717, 1.165) is 0 Å². The number of aromatic nitrogens is 2. The first-order valence-electron chi connectivity index (χ1n) is 5.19. The molecule has 0 saturated heterocycles. The van der Waals surface area contributed by atoms with E-state index in [1.165, 1.54) is 10.8 Å². The molecule has 1 aromatic carbocycles. The topological polar surface area (TPSA) is 44.1 Å². The smallest absolute Gasteiger partial charge is 0.313 e. The Morgan fingerprint density at radius 1 is 1.47 bits per heavy atom. The van der Waals surface area contributed by atoms with Gasteiger partial charge >= 0.3 is 5.56 Å². The quantitative estimate of drug-likeness (QED) is 0.841. The molecule has 0 saturated carbocycles. The van der Waals surface area contributed by atoms with E-state index in [2.05, 4.69) is 4.98 Å². The Kier molecular flexibility index (Phi) is 3.44. The summed E-state index contributed by atoms with van der Waals surface area (Å²) in [5.74, 6) is 0.549. The summed E-state index contributed by atoms with van der Waals surface area (Å²) >= 11 is 5.83. The number of aryl methyl sites for hydroxylation is 1. The molecular weight excluding hydrogens is 240 g/mol. The van der Waals surface area contributed by atoms with Crippen molar-refractivity contribution in [2.45, 2.75) is 13.5 Å². The molecule has 0 aliphatic carbocycles. The van der Waals surface area contributed by atoms with E-state index < -0.39 is 0 Å². The van der Waals surface area contributed by atoms with E-state index in [9.17, 15) is 4.79 Å². The second kappa shape index (κ2) is 5.01. The molecule has 0 bridgehead atoms. The van der Waals surface area contributed by atoms with E-state index in [-0.39, 0.29) is 11.4 Å². The molecule has 0 amide bonds. The maximum atomic E-state index is 11.8. The SMILES string of the molecule is CCn1ccnc(Oc2cccc(Cl)c2)c1=O. The fraction of sp³-hybridized carbons (Fsp3) is 0.167. The van der Waals surface area contributed by atoms with Crippen LogP contribution < -0.4 is 10.3 Å². The molecule has 1 aromatic heterocycles. The lowest BCUT2D eigenvalue weighted by Gasteiger charge is -2.06. The Balaban J connectivity index is 2.34. The van der Waals surface area contributed by atoms with Crippen LogP contribution in [0.3, 0.4) is 0 Å². The third-order valence-corrected chi connectivity index (χ3v) is 2.47. The molecule has 0 radical (unpaired) electrons. The molecule has 2 rings (SSSR count). The first-order chi connectivity index (χ1) is 8.20. The van der Waals surface area contributed by atoms with Gasteiger partial charge in [-0.1, -0.05) is 17.7 Å². The fourth-order valence-electron chi connectivity index (χ4n) is 1.39. The van der Waals surface area contributed by atoms with E-state index in [4.69, 9.17) is 16.3 Å². The third kappa shape index (κ3) is 2.65. The van der Waals surface area contributed by atoms with Crippen LogP contribution in [-0.4, -0.2) is 9.55 Å². The van der Waals surface area contributed by atoms with Crippen molar-refractivity contribution in [1.82, 2.24) is 9.55 Å². The van der Waals surface area contributed by atoms with Gasteiger partial charge < -0.3 is 9.30 Å². The second-order valence-corrected chi connectivity index (χ2v) is 3.82. The van der Waals surface area contributed by atoms with Crippen molar-refractivity contribution in [2.24, 2.45) is 0 Å². The number of halogens is 1. The van der Waals surface area contributed by atoms with Crippen molar-refractivity contribution in [3.8, 4) is 11.6 Å². The number of benzene rings is 1. The minimum absolute atomic E-state index is 0.0524. The summed E-state index contributed by atoms with van der Waals surface area (Å²) in [7, 11) is 0. The summed E-state index contributed by atoms with van der Waals surface area (Å²) in [5, 5.41) is 0.550. The molecule has 5 heteroatoms. The van der Waals surface area contributed by atoms with E-state index >= 15 is 0 Å². The molecular formula is C12H11ClN2O2. The molecule has 0 unspecified atom stereocenters. The molecule has 2 aromatic rings. The van der Waals surface area contributed by atoms with E-state index in [0.29, 0.717) is 17.3 Å². The van der Waals surface area contributed by atoms with Crippen LogP contribution >= 0.6 is 11.6 Å². The summed E-state index contributed by atoms with van der Waals surface area (Å²) in [5.41, 5.74) is -0.255. The molecule has 0 aliphatic rings. The predicted molar refractivity (Wildman–Crippen MR) is 65.7 cm³/mol. The van der Waals surface area contributed by atoms with Crippen molar-refractivity contribution >= 4 is 11.6 Å². The van der Waals surface area contributed by atoms with Crippen LogP contribution in [0.2, 0.25) is 5.02 Å². The van der Waals surface area contributed by atoms with Gasteiger partial charge in [-0.15, -0.1) is 0 Å². The van der Waals surface area contributed by atoms with E-state index in [1.54, 1.807) is 30.5 Å². The normalized spacial score (nSPS) is 10.2. The van der Waals surface area contributed by atoms with Crippen molar-refractivity contribution in [3.05, 3.63) is 52.0 Å². The highest BCUT2D eigenvalue weighted by molar-refractivity contribution is 6.30. The van der Waals surface area contributed by atoms with Gasteiger partial charge in [0.2, 0.25) is 0 Å². The summed E-state index contributed by atoms with van der Waals surface area (Å²) in [6.45, 7) is 2.46. The molecule has 0 N–H and O–H groups in total. The molecule has 1 heterocycles. The highest BCUT2D eigenvalue weighted by Gasteiger charge is 2.06. The van der Waals surface area contributed by atoms with E-state index in [1.807, 2.05) is 6.92 Å². The Bertz CT molecular complexity index is 581. The van der Waals surface area contributed by atoms with Crippen LogP contribution in [-0.2, 0) is 6.54 Å². The van der Waals surface area contributed by atoms with Gasteiger partial charge in [-0.25, -0.2) is 4.98 Å². The number of hydrogen-bond acceptors (Lipinski definition) is 3. The minimum atomic E-state index is -0.255. The monoisotopic (exact) mass is 250 g/mol. The summed E-state index contributed by atoms with van der Waals surface area (Å²) in [4.78, 5) is 15.7. The lowest BCUT2D eigenvalue weighted by molar-refractivity contribution is 0.445. The molecule has 17 heavy (non-hydrogen) atoms. The van der Waals surface area contributed by atoms with Gasteiger partial charge in [-0.3, -0.25) is 4.79 Å². The summed E-state index contributed by atoms with van der Waals surface area (Å²) in [6, 6.07) is 6.83. The third-order valence-electron chi connectivity index (χ3n) is 2.23. The molecule has 88 valence electrons. The second-order valence-electron chi connectivity index (χ2n) is 3.38. The minimum Gasteiger partial charge on any atom is -0.435 e. The highest BCUT2D eigenvalue weighted by atomic mass is 35.5. The van der Waals surface area contributed by atoms with Crippen LogP contribution in [0.25, 0.3) is 0 Å². The van der Waals surface area contributed by atoms with Gasteiger partial charge in [-0.2, -0.15) is 0 Å². The zero-order chi connectivity index (χ0) is 12.3. The Morgan fingerprint density at radius 2 is 2.29 bits per heavy atom. The summed E-state index contributed by atoms with van der Waals surface area (Å²) < 4.78 is 6.92. The Hall–Kier alpha value is -1.81. The van der Waals surface area contributed by atoms with Crippen molar-refractivity contribution < 1.29 is 4.74 Å². The van der Waals surface area contributed by atoms with Crippen LogP contribution in [0, 0.1) is 0 Å². The number of ether oxygens (including phenoxy) is 1. The highest BCUT2D eigenvalue weighted by Crippen LogP contribution is 2.20. The molecule has 4 nitrogen and oxygen atoms in total. The summed E-state index contributed by atoms with van der Waals surface area (Å²) in [6.07, 6.45) is 3.15. The Morgan fingerprint density at radius 3 is 3.00 bits per heavy atom. The van der Waals surface area contributed by atoms with Gasteiger partial charge in [0.1, 0.15) is 5.75 Å². The van der Waals surface area contributed by atoms with Crippen molar-refractivity contribution in [2.75, 3.05) is 0 Å². The number of nitrogens with zero attached hydrogens (tertiary/aromatic N) is 2. The van der Waals surface area contributed by atoms with Crippen molar-refractivity contribution in [3.63, 3.8) is 0 Å². The lowest BCUT2D eigenvalue weighted by Crippen LogP contribution is -2.20. The fourth-order valence-corrected chi connectivity index (χ4v) is 1.57. The molecule has 0 atom stereocenters. The van der Waals surface area contributed by atoms with Gasteiger partial charge in [0.25, 0.3) is 5.88 Å². The molecule has 0 spiro atoms. The van der Waals surface area contributed by atoms with Gasteiger partial charge in [0.15, 0.2) is 0 Å². The maximum Gasteiger partial charge on any atom is 0.313 e. The zero-order valence-electron chi connectivity index (χ0n) is 9.26. The average Bonchev–Trinajstić information content (AvgIpc) is 2.32. The van der Waals surface area contributed by atoms with Crippen LogP contribution in [0.1, 0.15) is 6.92 Å². The number of hydrogen-bond donors (Lipinski definition) is 0. The molecule has 0 fully saturated rings. The lowest BCUT2D eigenvalue weighted by atomic mass is 10.3. The Labute approximate surface area is 103 Å². The number of rotatable bonds is 3. The molecule has 0 aliphatic heterocycles. The van der Waals surface area contributed by atoms with Gasteiger partial charge in [-0.05, 0) is 25.1 Å². The van der Waals surface area contributed by atoms with Gasteiger partial charge in [0, 0.05) is 24.0 Å². The van der Waals surface area contributed by atoms with Gasteiger partial charge in [0.05, 0.1) is 0 Å². The average molecular weight is 251 g/mol.